The Kier molecular flexibility index (Phi) is 5.41. The van der Waals surface area contributed by atoms with Crippen LogP contribution in [0.2, 0.25) is 0 Å². The number of hydrogen-bond donors (Lipinski definition) is 2. The first kappa shape index (κ1) is 17.3. The predicted molar refractivity (Wildman–Crippen MR) is 81.2 cm³/mol. The smallest absolute Gasteiger partial charge is 0.233 e. The minimum atomic E-state index is -1.70. The van der Waals surface area contributed by atoms with Gasteiger partial charge in [0.25, 0.3) is 0 Å². The van der Waals surface area contributed by atoms with Crippen molar-refractivity contribution in [2.75, 3.05) is 17.7 Å². The molecule has 24 heavy (non-hydrogen) atoms. The number of methoxy groups -OCH3 is 1. The van der Waals surface area contributed by atoms with Gasteiger partial charge in [0, 0.05) is 0 Å². The van der Waals surface area contributed by atoms with Crippen LogP contribution in [-0.2, 0) is 9.59 Å². The molecular weight excluding hydrogens is 325 g/mol. The third-order valence-corrected chi connectivity index (χ3v) is 3.01. The van der Waals surface area contributed by atoms with E-state index in [1.54, 1.807) is 24.3 Å². The number of halogens is 3. The van der Waals surface area contributed by atoms with Crippen LogP contribution in [-0.4, -0.2) is 18.9 Å². The molecule has 0 aliphatic rings. The van der Waals surface area contributed by atoms with Crippen LogP contribution in [0, 0.1) is 17.5 Å². The Labute approximate surface area is 135 Å². The lowest BCUT2D eigenvalue weighted by atomic mass is 10.2. The second-order valence-electron chi connectivity index (χ2n) is 4.70. The fraction of sp³-hybridized carbons (Fsp3) is 0.125. The fourth-order valence-corrected chi connectivity index (χ4v) is 1.90. The topological polar surface area (TPSA) is 67.4 Å². The van der Waals surface area contributed by atoms with Crippen LogP contribution in [0.3, 0.4) is 0 Å². The van der Waals surface area contributed by atoms with Gasteiger partial charge in [-0.05, 0) is 24.3 Å². The molecule has 0 radical (unpaired) electrons. The van der Waals surface area contributed by atoms with Gasteiger partial charge in [-0.2, -0.15) is 0 Å². The molecule has 2 N–H and O–H groups in total. The highest BCUT2D eigenvalue weighted by atomic mass is 19.2. The van der Waals surface area contributed by atoms with Gasteiger partial charge >= 0.3 is 0 Å². The van der Waals surface area contributed by atoms with E-state index in [0.717, 1.165) is 6.07 Å². The van der Waals surface area contributed by atoms with Crippen molar-refractivity contribution >= 4 is 23.2 Å². The molecule has 126 valence electrons. The van der Waals surface area contributed by atoms with Crippen LogP contribution < -0.4 is 15.4 Å². The normalized spacial score (nSPS) is 10.2. The molecule has 0 unspecified atom stereocenters. The van der Waals surface area contributed by atoms with Crippen LogP contribution in [0.15, 0.2) is 36.4 Å². The monoisotopic (exact) mass is 338 g/mol. The Bertz CT molecular complexity index is 781. The van der Waals surface area contributed by atoms with E-state index in [9.17, 15) is 22.8 Å². The second-order valence-corrected chi connectivity index (χ2v) is 4.70. The van der Waals surface area contributed by atoms with Crippen LogP contribution in [0.5, 0.6) is 5.75 Å². The van der Waals surface area contributed by atoms with Crippen molar-refractivity contribution in [2.45, 2.75) is 6.42 Å². The molecule has 0 saturated carbocycles. The maximum atomic E-state index is 13.5. The van der Waals surface area contributed by atoms with Crippen LogP contribution in [0.25, 0.3) is 0 Å². The average Bonchev–Trinajstić information content (AvgIpc) is 2.55. The Hall–Kier alpha value is -3.03. The molecule has 0 saturated heterocycles. The van der Waals surface area contributed by atoms with Crippen molar-refractivity contribution < 1.29 is 27.5 Å². The molecule has 0 bridgehead atoms. The van der Waals surface area contributed by atoms with Gasteiger partial charge < -0.3 is 15.4 Å². The first-order valence-electron chi connectivity index (χ1n) is 6.78. The van der Waals surface area contributed by atoms with Gasteiger partial charge in [0.2, 0.25) is 11.8 Å². The summed E-state index contributed by atoms with van der Waals surface area (Å²) in [5.74, 6) is -5.77. The molecule has 0 atom stereocenters. The third-order valence-electron chi connectivity index (χ3n) is 3.01. The summed E-state index contributed by atoms with van der Waals surface area (Å²) in [4.78, 5) is 23.6. The number of para-hydroxylation sites is 2. The molecule has 2 aromatic rings. The number of rotatable bonds is 5. The van der Waals surface area contributed by atoms with E-state index in [2.05, 4.69) is 5.32 Å². The van der Waals surface area contributed by atoms with Gasteiger partial charge in [-0.3, -0.25) is 9.59 Å². The molecule has 0 spiro atoms. The highest BCUT2D eigenvalue weighted by Crippen LogP contribution is 2.23. The summed E-state index contributed by atoms with van der Waals surface area (Å²) in [6, 6.07) is 8.09. The van der Waals surface area contributed by atoms with Gasteiger partial charge in [-0.25, -0.2) is 13.2 Å². The molecule has 2 rings (SSSR count). The summed E-state index contributed by atoms with van der Waals surface area (Å²) in [6.45, 7) is 0. The van der Waals surface area contributed by atoms with E-state index in [0.29, 0.717) is 17.5 Å². The van der Waals surface area contributed by atoms with Crippen LogP contribution >= 0.6 is 0 Å². The summed E-state index contributed by atoms with van der Waals surface area (Å²) >= 11 is 0. The lowest BCUT2D eigenvalue weighted by Crippen LogP contribution is -2.22. The third kappa shape index (κ3) is 4.03. The molecule has 5 nitrogen and oxygen atoms in total. The summed E-state index contributed by atoms with van der Waals surface area (Å²) in [7, 11) is 1.42. The lowest BCUT2D eigenvalue weighted by Gasteiger charge is -2.10. The number of anilines is 2. The van der Waals surface area contributed by atoms with Gasteiger partial charge in [0.15, 0.2) is 17.5 Å². The first-order valence-corrected chi connectivity index (χ1v) is 6.78. The maximum Gasteiger partial charge on any atom is 0.233 e. The summed E-state index contributed by atoms with van der Waals surface area (Å²) in [6.07, 6.45) is -0.642. The molecule has 2 amide bonds. The van der Waals surface area contributed by atoms with Gasteiger partial charge in [0.05, 0.1) is 18.5 Å². The number of benzene rings is 2. The SMILES string of the molecule is COc1ccccc1NC(=O)CC(=O)Nc1ccc(F)c(F)c1F. The summed E-state index contributed by atoms with van der Waals surface area (Å²) in [5.41, 5.74) is -0.194. The zero-order chi connectivity index (χ0) is 17.7. The highest BCUT2D eigenvalue weighted by Gasteiger charge is 2.17. The van der Waals surface area contributed by atoms with Crippen molar-refractivity contribution in [3.63, 3.8) is 0 Å². The molecule has 8 heteroatoms. The Morgan fingerprint density at radius 3 is 2.21 bits per heavy atom. The van der Waals surface area contributed by atoms with Crippen molar-refractivity contribution in [1.82, 2.24) is 0 Å². The number of carbonyl (C=O) groups excluding carboxylic acids is 2. The minimum Gasteiger partial charge on any atom is -0.495 e. The summed E-state index contributed by atoms with van der Waals surface area (Å²) in [5, 5.41) is 4.47. The Morgan fingerprint density at radius 1 is 0.917 bits per heavy atom. The van der Waals surface area contributed by atoms with E-state index in [1.807, 2.05) is 5.32 Å². The number of ether oxygens (including phenoxy) is 1. The minimum absolute atomic E-state index is 0.358. The zero-order valence-corrected chi connectivity index (χ0v) is 12.5. The first-order chi connectivity index (χ1) is 11.4. The van der Waals surface area contributed by atoms with Crippen LogP contribution in [0.1, 0.15) is 6.42 Å². The fourth-order valence-electron chi connectivity index (χ4n) is 1.90. The average molecular weight is 338 g/mol. The molecule has 0 aromatic heterocycles. The number of hydrogen-bond acceptors (Lipinski definition) is 3. The lowest BCUT2D eigenvalue weighted by molar-refractivity contribution is -0.123. The molecule has 0 aliphatic heterocycles. The second kappa shape index (κ2) is 7.49. The van der Waals surface area contributed by atoms with Crippen molar-refractivity contribution in [3.05, 3.63) is 53.8 Å². The van der Waals surface area contributed by atoms with Gasteiger partial charge in [-0.1, -0.05) is 12.1 Å². The van der Waals surface area contributed by atoms with E-state index >= 15 is 0 Å². The van der Waals surface area contributed by atoms with Crippen molar-refractivity contribution in [3.8, 4) is 5.75 Å². The van der Waals surface area contributed by atoms with E-state index in [1.165, 1.54) is 7.11 Å². The van der Waals surface area contributed by atoms with Gasteiger partial charge in [0.1, 0.15) is 12.2 Å². The zero-order valence-electron chi connectivity index (χ0n) is 12.5. The van der Waals surface area contributed by atoms with E-state index < -0.39 is 41.4 Å². The van der Waals surface area contributed by atoms with Gasteiger partial charge in [-0.15, -0.1) is 0 Å². The number of nitrogens with one attached hydrogen (secondary N) is 2. The largest absolute Gasteiger partial charge is 0.495 e. The highest BCUT2D eigenvalue weighted by molar-refractivity contribution is 6.08. The summed E-state index contributed by atoms with van der Waals surface area (Å²) < 4.78 is 44.4. The standard InChI is InChI=1S/C16H13F3N2O3/c1-24-12-5-3-2-4-10(12)20-13(22)8-14(23)21-11-7-6-9(17)15(18)16(11)19/h2-7H,8H2,1H3,(H,20,22)(H,21,23). The maximum absolute atomic E-state index is 13.5. The Morgan fingerprint density at radius 2 is 1.54 bits per heavy atom. The molecule has 2 aromatic carbocycles. The Balaban J connectivity index is 2.00. The van der Waals surface area contributed by atoms with Crippen molar-refractivity contribution in [2.24, 2.45) is 0 Å². The van der Waals surface area contributed by atoms with Crippen LogP contribution in [0.4, 0.5) is 24.5 Å². The molecule has 0 aliphatic carbocycles. The molecule has 0 heterocycles. The predicted octanol–water partition coefficient (Wildman–Crippen LogP) is 3.08. The molecule has 0 fully saturated rings. The quantitative estimate of drug-likeness (QED) is 0.650. The van der Waals surface area contributed by atoms with E-state index in [-0.39, 0.29) is 0 Å². The number of amides is 2. The molecular formula is C16H13F3N2O3. The van der Waals surface area contributed by atoms with E-state index in [4.69, 9.17) is 4.74 Å². The van der Waals surface area contributed by atoms with Crippen molar-refractivity contribution in [1.29, 1.82) is 0 Å². The number of carbonyl (C=O) groups is 2.